The highest BCUT2D eigenvalue weighted by atomic mass is 79.9. The molecule has 0 heterocycles. The molecule has 0 radical (unpaired) electrons. The maximum Gasteiger partial charge on any atom is 0.130 e. The molecule has 0 amide bonds. The Balaban J connectivity index is 2.46. The van der Waals surface area contributed by atoms with Gasteiger partial charge in [0.2, 0.25) is 0 Å². The first-order valence-corrected chi connectivity index (χ1v) is 8.30. The van der Waals surface area contributed by atoms with Gasteiger partial charge >= 0.3 is 0 Å². The van der Waals surface area contributed by atoms with E-state index in [-0.39, 0.29) is 4.83 Å². The lowest BCUT2D eigenvalue weighted by Gasteiger charge is -2.32. The van der Waals surface area contributed by atoms with E-state index in [1.165, 1.54) is 19.3 Å². The number of ether oxygens (including phenoxy) is 3. The van der Waals surface area contributed by atoms with Gasteiger partial charge < -0.3 is 14.2 Å². The molecule has 118 valence electrons. The SMILES string of the molecule is COc1cc(OC)c(C(Br)C2CCCC2(C)C)c(OC)c1. The molecule has 2 rings (SSSR count). The average Bonchev–Trinajstić information content (AvgIpc) is 2.84. The van der Waals surface area contributed by atoms with Gasteiger partial charge in [0.05, 0.1) is 31.7 Å². The van der Waals surface area contributed by atoms with Gasteiger partial charge in [-0.3, -0.25) is 0 Å². The van der Waals surface area contributed by atoms with E-state index in [0.717, 1.165) is 22.8 Å². The molecule has 21 heavy (non-hydrogen) atoms. The highest BCUT2D eigenvalue weighted by molar-refractivity contribution is 9.09. The highest BCUT2D eigenvalue weighted by Gasteiger charge is 2.41. The van der Waals surface area contributed by atoms with Gasteiger partial charge in [0.15, 0.2) is 0 Å². The first-order valence-electron chi connectivity index (χ1n) is 7.38. The van der Waals surface area contributed by atoms with Crippen molar-refractivity contribution >= 4 is 15.9 Å². The molecule has 0 saturated heterocycles. The minimum Gasteiger partial charge on any atom is -0.496 e. The summed E-state index contributed by atoms with van der Waals surface area (Å²) in [6, 6.07) is 3.85. The van der Waals surface area contributed by atoms with E-state index >= 15 is 0 Å². The van der Waals surface area contributed by atoms with Crippen molar-refractivity contribution in [3.05, 3.63) is 17.7 Å². The smallest absolute Gasteiger partial charge is 0.130 e. The predicted octanol–water partition coefficient (Wildman–Crippen LogP) is 4.97. The average molecular weight is 357 g/mol. The number of benzene rings is 1. The number of rotatable bonds is 5. The molecular formula is C17H25BrO3. The second-order valence-electron chi connectivity index (χ2n) is 6.33. The van der Waals surface area contributed by atoms with Crippen LogP contribution in [0.1, 0.15) is 43.5 Å². The fourth-order valence-corrected chi connectivity index (χ4v) is 4.83. The molecule has 0 aliphatic heterocycles. The summed E-state index contributed by atoms with van der Waals surface area (Å²) >= 11 is 3.92. The zero-order valence-corrected chi connectivity index (χ0v) is 15.1. The number of hydrogen-bond donors (Lipinski definition) is 0. The third-order valence-electron chi connectivity index (χ3n) is 4.72. The van der Waals surface area contributed by atoms with Crippen LogP contribution >= 0.6 is 15.9 Å². The minimum absolute atomic E-state index is 0.214. The summed E-state index contributed by atoms with van der Waals surface area (Å²) < 4.78 is 16.5. The molecule has 0 bridgehead atoms. The fourth-order valence-electron chi connectivity index (χ4n) is 3.40. The van der Waals surface area contributed by atoms with Crippen molar-refractivity contribution < 1.29 is 14.2 Å². The van der Waals surface area contributed by atoms with Crippen LogP contribution < -0.4 is 14.2 Å². The van der Waals surface area contributed by atoms with Crippen LogP contribution in [-0.4, -0.2) is 21.3 Å². The largest absolute Gasteiger partial charge is 0.496 e. The second kappa shape index (κ2) is 6.47. The molecule has 1 aromatic rings. The first-order chi connectivity index (χ1) is 9.94. The van der Waals surface area contributed by atoms with E-state index < -0.39 is 0 Å². The summed E-state index contributed by atoms with van der Waals surface area (Å²) in [5, 5.41) is 0. The lowest BCUT2D eigenvalue weighted by atomic mass is 9.78. The Bertz CT molecular complexity index is 474. The van der Waals surface area contributed by atoms with Gasteiger partial charge in [0.1, 0.15) is 17.2 Å². The number of halogens is 1. The molecule has 2 unspecified atom stereocenters. The van der Waals surface area contributed by atoms with Crippen molar-refractivity contribution in [2.45, 2.75) is 37.9 Å². The van der Waals surface area contributed by atoms with Gasteiger partial charge in [-0.25, -0.2) is 0 Å². The van der Waals surface area contributed by atoms with E-state index in [9.17, 15) is 0 Å². The van der Waals surface area contributed by atoms with Gasteiger partial charge in [-0.15, -0.1) is 0 Å². The Morgan fingerprint density at radius 3 is 2.05 bits per heavy atom. The van der Waals surface area contributed by atoms with Crippen molar-refractivity contribution in [1.82, 2.24) is 0 Å². The summed E-state index contributed by atoms with van der Waals surface area (Å²) in [4.78, 5) is 0.214. The molecule has 4 heteroatoms. The molecule has 1 aromatic carbocycles. The van der Waals surface area contributed by atoms with Crippen LogP contribution in [0.4, 0.5) is 0 Å². The summed E-state index contributed by atoms with van der Waals surface area (Å²) in [5.41, 5.74) is 1.41. The molecule has 1 aliphatic rings. The molecule has 1 aliphatic carbocycles. The maximum atomic E-state index is 5.59. The normalized spacial score (nSPS) is 21.9. The van der Waals surface area contributed by atoms with Gasteiger partial charge in [-0.05, 0) is 24.2 Å². The quantitative estimate of drug-likeness (QED) is 0.696. The van der Waals surface area contributed by atoms with Crippen molar-refractivity contribution in [3.8, 4) is 17.2 Å². The van der Waals surface area contributed by atoms with Crippen LogP contribution in [0.5, 0.6) is 17.2 Å². The van der Waals surface area contributed by atoms with Crippen LogP contribution in [-0.2, 0) is 0 Å². The predicted molar refractivity (Wildman–Crippen MR) is 88.9 cm³/mol. The highest BCUT2D eigenvalue weighted by Crippen LogP contribution is 2.55. The molecule has 0 spiro atoms. The molecule has 0 N–H and O–H groups in total. The zero-order chi connectivity index (χ0) is 15.6. The van der Waals surface area contributed by atoms with E-state index in [0.29, 0.717) is 11.3 Å². The summed E-state index contributed by atoms with van der Waals surface area (Å²) in [6.45, 7) is 4.70. The van der Waals surface area contributed by atoms with Crippen molar-refractivity contribution in [1.29, 1.82) is 0 Å². The first kappa shape index (κ1) is 16.5. The minimum atomic E-state index is 0.214. The molecule has 1 fully saturated rings. The molecular weight excluding hydrogens is 332 g/mol. The topological polar surface area (TPSA) is 27.7 Å². The third-order valence-corrected chi connectivity index (χ3v) is 5.82. The molecule has 1 saturated carbocycles. The maximum absolute atomic E-state index is 5.59. The Morgan fingerprint density at radius 1 is 1.10 bits per heavy atom. The monoisotopic (exact) mass is 356 g/mol. The Labute approximate surface area is 136 Å². The summed E-state index contributed by atoms with van der Waals surface area (Å²) in [6.07, 6.45) is 3.77. The Hall–Kier alpha value is -0.900. The van der Waals surface area contributed by atoms with E-state index in [4.69, 9.17) is 14.2 Å². The number of hydrogen-bond acceptors (Lipinski definition) is 3. The van der Waals surface area contributed by atoms with E-state index in [1.54, 1.807) is 21.3 Å². The summed E-state index contributed by atoms with van der Waals surface area (Å²) in [5.74, 6) is 2.94. The lowest BCUT2D eigenvalue weighted by molar-refractivity contribution is 0.251. The van der Waals surface area contributed by atoms with Crippen LogP contribution in [0, 0.1) is 11.3 Å². The Kier molecular flexibility index (Phi) is 5.07. The van der Waals surface area contributed by atoms with E-state index in [1.807, 2.05) is 12.1 Å². The summed E-state index contributed by atoms with van der Waals surface area (Å²) in [7, 11) is 5.04. The van der Waals surface area contributed by atoms with Crippen LogP contribution in [0.2, 0.25) is 0 Å². The van der Waals surface area contributed by atoms with Gasteiger partial charge in [-0.2, -0.15) is 0 Å². The number of alkyl halides is 1. The van der Waals surface area contributed by atoms with Crippen LogP contribution in [0.25, 0.3) is 0 Å². The van der Waals surface area contributed by atoms with Gasteiger partial charge in [0, 0.05) is 12.1 Å². The van der Waals surface area contributed by atoms with E-state index in [2.05, 4.69) is 29.8 Å². The van der Waals surface area contributed by atoms with Crippen molar-refractivity contribution in [2.24, 2.45) is 11.3 Å². The fraction of sp³-hybridized carbons (Fsp3) is 0.647. The molecule has 2 atom stereocenters. The number of methoxy groups -OCH3 is 3. The third kappa shape index (κ3) is 3.15. The molecule has 0 aromatic heterocycles. The lowest BCUT2D eigenvalue weighted by Crippen LogP contribution is -2.22. The Morgan fingerprint density at radius 2 is 1.67 bits per heavy atom. The second-order valence-corrected chi connectivity index (χ2v) is 7.32. The standard InChI is InChI=1S/C17H25BrO3/c1-17(2)8-6-7-12(17)16(18)15-13(20-4)9-11(19-3)10-14(15)21-5/h9-10,12,16H,6-8H2,1-5H3. The van der Waals surface area contributed by atoms with Gasteiger partial charge in [-0.1, -0.05) is 36.2 Å². The van der Waals surface area contributed by atoms with Crippen molar-refractivity contribution in [2.75, 3.05) is 21.3 Å². The van der Waals surface area contributed by atoms with Crippen LogP contribution in [0.15, 0.2) is 12.1 Å². The van der Waals surface area contributed by atoms with Gasteiger partial charge in [0.25, 0.3) is 0 Å². The molecule has 3 nitrogen and oxygen atoms in total. The zero-order valence-electron chi connectivity index (χ0n) is 13.5. The van der Waals surface area contributed by atoms with Crippen LogP contribution in [0.3, 0.4) is 0 Å². The van der Waals surface area contributed by atoms with Crippen molar-refractivity contribution in [3.63, 3.8) is 0 Å².